The fourth-order valence-electron chi connectivity index (χ4n) is 3.48. The molecule has 1 atom stereocenters. The molecule has 0 saturated heterocycles. The molecular weight excluding hydrogens is 234 g/mol. The zero-order valence-electron chi connectivity index (χ0n) is 11.9. The molecule has 2 heteroatoms. The van der Waals surface area contributed by atoms with Crippen LogP contribution in [0.4, 0.5) is 0 Å². The van der Waals surface area contributed by atoms with E-state index in [9.17, 15) is 0 Å². The summed E-state index contributed by atoms with van der Waals surface area (Å²) in [6.45, 7) is 3.86. The van der Waals surface area contributed by atoms with Gasteiger partial charge in [-0.2, -0.15) is 0 Å². The molecule has 104 valence electrons. The molecule has 1 fully saturated rings. The van der Waals surface area contributed by atoms with E-state index in [1.807, 2.05) is 0 Å². The summed E-state index contributed by atoms with van der Waals surface area (Å²) in [5.74, 6) is 1.44. The van der Waals surface area contributed by atoms with Crippen LogP contribution >= 0.6 is 0 Å². The van der Waals surface area contributed by atoms with Crippen molar-refractivity contribution in [3.05, 3.63) is 35.4 Å². The summed E-state index contributed by atoms with van der Waals surface area (Å²) in [5, 5.41) is 0. The average molecular weight is 259 g/mol. The van der Waals surface area contributed by atoms with Crippen molar-refractivity contribution >= 4 is 0 Å². The second-order valence-electron chi connectivity index (χ2n) is 6.48. The summed E-state index contributed by atoms with van der Waals surface area (Å²) in [7, 11) is 0. The van der Waals surface area contributed by atoms with Gasteiger partial charge >= 0.3 is 0 Å². The van der Waals surface area contributed by atoms with Crippen LogP contribution in [0.3, 0.4) is 0 Å². The maximum atomic E-state index is 6.30. The quantitative estimate of drug-likeness (QED) is 0.901. The Balaban J connectivity index is 1.57. The van der Waals surface area contributed by atoms with Crippen LogP contribution in [0.15, 0.2) is 24.3 Å². The van der Waals surface area contributed by atoms with Crippen molar-refractivity contribution in [1.29, 1.82) is 0 Å². The minimum absolute atomic E-state index is 0.0307. The van der Waals surface area contributed by atoms with Gasteiger partial charge in [-0.1, -0.05) is 31.2 Å². The first-order valence-electron chi connectivity index (χ1n) is 7.64. The van der Waals surface area contributed by atoms with Crippen molar-refractivity contribution in [2.45, 2.75) is 50.5 Å². The third-order valence-corrected chi connectivity index (χ3v) is 5.11. The first-order chi connectivity index (χ1) is 9.22. The largest absolute Gasteiger partial charge is 0.373 e. The van der Waals surface area contributed by atoms with E-state index in [-0.39, 0.29) is 5.60 Å². The fourth-order valence-corrected chi connectivity index (χ4v) is 3.48. The van der Waals surface area contributed by atoms with Gasteiger partial charge in [-0.15, -0.1) is 0 Å². The molecule has 0 bridgehead atoms. The van der Waals surface area contributed by atoms with Gasteiger partial charge in [0.1, 0.15) is 0 Å². The maximum absolute atomic E-state index is 6.30. The van der Waals surface area contributed by atoms with E-state index in [1.54, 1.807) is 0 Å². The monoisotopic (exact) mass is 259 g/mol. The first-order valence-corrected chi connectivity index (χ1v) is 7.64. The van der Waals surface area contributed by atoms with Gasteiger partial charge in [-0.3, -0.25) is 0 Å². The van der Waals surface area contributed by atoms with Crippen LogP contribution in [-0.4, -0.2) is 18.8 Å². The summed E-state index contributed by atoms with van der Waals surface area (Å²) in [6, 6.07) is 8.73. The summed E-state index contributed by atoms with van der Waals surface area (Å²) >= 11 is 0. The molecular formula is C17H25NO. The van der Waals surface area contributed by atoms with Gasteiger partial charge in [0.25, 0.3) is 0 Å². The minimum atomic E-state index is -0.0307. The highest BCUT2D eigenvalue weighted by Crippen LogP contribution is 2.39. The first kappa shape index (κ1) is 13.1. The van der Waals surface area contributed by atoms with E-state index in [0.717, 1.165) is 25.4 Å². The average Bonchev–Trinajstić information content (AvgIpc) is 2.42. The van der Waals surface area contributed by atoms with Crippen LogP contribution in [0, 0.1) is 5.92 Å². The molecule has 1 unspecified atom stereocenters. The van der Waals surface area contributed by atoms with E-state index >= 15 is 0 Å². The summed E-state index contributed by atoms with van der Waals surface area (Å²) < 4.78 is 6.30. The third kappa shape index (κ3) is 2.56. The summed E-state index contributed by atoms with van der Waals surface area (Å²) in [4.78, 5) is 0. The highest BCUT2D eigenvalue weighted by Gasteiger charge is 2.36. The van der Waals surface area contributed by atoms with Crippen molar-refractivity contribution in [3.63, 3.8) is 0 Å². The van der Waals surface area contributed by atoms with Crippen LogP contribution in [-0.2, 0) is 11.2 Å². The van der Waals surface area contributed by atoms with Crippen LogP contribution in [0.25, 0.3) is 0 Å². The molecule has 3 rings (SSSR count). The molecule has 0 spiro atoms. The zero-order chi connectivity index (χ0) is 13.3. The van der Waals surface area contributed by atoms with E-state index in [0.29, 0.717) is 12.5 Å². The van der Waals surface area contributed by atoms with Crippen LogP contribution in [0.1, 0.15) is 49.7 Å². The SMILES string of the molecule is CC1CCC(CN)(OCC2Cc3ccccc32)CC1. The molecule has 0 radical (unpaired) electrons. The number of hydrogen-bond donors (Lipinski definition) is 1. The van der Waals surface area contributed by atoms with Gasteiger partial charge in [0.05, 0.1) is 12.2 Å². The second kappa shape index (κ2) is 5.26. The summed E-state index contributed by atoms with van der Waals surface area (Å²) in [5.41, 5.74) is 8.95. The van der Waals surface area contributed by atoms with Gasteiger partial charge in [0, 0.05) is 12.5 Å². The molecule has 1 saturated carbocycles. The van der Waals surface area contributed by atoms with Gasteiger partial charge < -0.3 is 10.5 Å². The van der Waals surface area contributed by atoms with E-state index < -0.39 is 0 Å². The zero-order valence-corrected chi connectivity index (χ0v) is 11.9. The van der Waals surface area contributed by atoms with Crippen molar-refractivity contribution < 1.29 is 4.74 Å². The Bertz CT molecular complexity index is 435. The molecule has 2 aliphatic rings. The molecule has 2 N–H and O–H groups in total. The van der Waals surface area contributed by atoms with Gasteiger partial charge in [-0.25, -0.2) is 0 Å². The lowest BCUT2D eigenvalue weighted by Gasteiger charge is -2.41. The number of nitrogens with two attached hydrogens (primary N) is 1. The topological polar surface area (TPSA) is 35.2 Å². The van der Waals surface area contributed by atoms with Crippen molar-refractivity contribution in [1.82, 2.24) is 0 Å². The van der Waals surface area contributed by atoms with Crippen LogP contribution < -0.4 is 5.73 Å². The van der Waals surface area contributed by atoms with E-state index in [4.69, 9.17) is 10.5 Å². The number of ether oxygens (including phenoxy) is 1. The highest BCUT2D eigenvalue weighted by molar-refractivity contribution is 5.39. The number of hydrogen-bond acceptors (Lipinski definition) is 2. The smallest absolute Gasteiger partial charge is 0.0804 e. The van der Waals surface area contributed by atoms with Gasteiger partial charge in [-0.05, 0) is 49.1 Å². The number of benzene rings is 1. The lowest BCUT2D eigenvalue weighted by molar-refractivity contribution is -0.0769. The predicted octanol–water partition coefficient (Wildman–Crippen LogP) is 3.25. The Morgan fingerprint density at radius 3 is 2.68 bits per heavy atom. The predicted molar refractivity (Wildman–Crippen MR) is 78.3 cm³/mol. The Morgan fingerprint density at radius 2 is 2.00 bits per heavy atom. The van der Waals surface area contributed by atoms with Gasteiger partial charge in [0.2, 0.25) is 0 Å². The molecule has 0 amide bonds. The normalized spacial score (nSPS) is 33.6. The summed E-state index contributed by atoms with van der Waals surface area (Å²) in [6.07, 6.45) is 5.97. The molecule has 2 nitrogen and oxygen atoms in total. The molecule has 1 aromatic carbocycles. The molecule has 19 heavy (non-hydrogen) atoms. The van der Waals surface area contributed by atoms with E-state index in [1.165, 1.54) is 30.4 Å². The standard InChI is InChI=1S/C17H25NO/c1-13-6-8-17(12-18,9-7-13)19-11-15-10-14-4-2-3-5-16(14)15/h2-5,13,15H,6-12,18H2,1H3. The Labute approximate surface area is 116 Å². The Kier molecular flexibility index (Phi) is 3.64. The van der Waals surface area contributed by atoms with Crippen LogP contribution in [0.5, 0.6) is 0 Å². The Hall–Kier alpha value is -0.860. The van der Waals surface area contributed by atoms with Gasteiger partial charge in [0.15, 0.2) is 0 Å². The second-order valence-corrected chi connectivity index (χ2v) is 6.48. The Morgan fingerprint density at radius 1 is 1.26 bits per heavy atom. The minimum Gasteiger partial charge on any atom is -0.373 e. The molecule has 2 aliphatic carbocycles. The molecule has 0 heterocycles. The maximum Gasteiger partial charge on any atom is 0.0804 e. The van der Waals surface area contributed by atoms with Crippen LogP contribution in [0.2, 0.25) is 0 Å². The number of rotatable bonds is 4. The molecule has 1 aromatic rings. The lowest BCUT2D eigenvalue weighted by atomic mass is 9.77. The lowest BCUT2D eigenvalue weighted by Crippen LogP contribution is -2.45. The van der Waals surface area contributed by atoms with Crippen molar-refractivity contribution in [2.24, 2.45) is 11.7 Å². The van der Waals surface area contributed by atoms with Crippen molar-refractivity contribution in [2.75, 3.05) is 13.2 Å². The molecule has 0 aromatic heterocycles. The third-order valence-electron chi connectivity index (χ3n) is 5.11. The van der Waals surface area contributed by atoms with E-state index in [2.05, 4.69) is 31.2 Å². The van der Waals surface area contributed by atoms with Crippen molar-refractivity contribution in [3.8, 4) is 0 Å². The molecule has 0 aliphatic heterocycles. The fraction of sp³-hybridized carbons (Fsp3) is 0.647. The number of fused-ring (bicyclic) bond motifs is 1. The highest BCUT2D eigenvalue weighted by atomic mass is 16.5.